The highest BCUT2D eigenvalue weighted by molar-refractivity contribution is 5.93. The molecule has 4 rings (SSSR count). The van der Waals surface area contributed by atoms with Gasteiger partial charge in [0.05, 0.1) is 44.9 Å². The second-order valence-corrected chi connectivity index (χ2v) is 7.25. The molecule has 9 heteroatoms. The number of nitrogens with zero attached hydrogens (tertiary/aromatic N) is 4. The summed E-state index contributed by atoms with van der Waals surface area (Å²) >= 11 is 0. The summed E-state index contributed by atoms with van der Waals surface area (Å²) in [5.41, 5.74) is 4.03. The van der Waals surface area contributed by atoms with Gasteiger partial charge >= 0.3 is 0 Å². The van der Waals surface area contributed by atoms with E-state index in [1.165, 1.54) is 0 Å². The fourth-order valence-electron chi connectivity index (χ4n) is 3.49. The number of carbonyl (C=O) groups excluding carboxylic acids is 1. The molecular weight excluding hydrogens is 410 g/mol. The van der Waals surface area contributed by atoms with E-state index in [-0.39, 0.29) is 0 Å². The van der Waals surface area contributed by atoms with Crippen molar-refractivity contribution in [3.8, 4) is 5.75 Å². The molecule has 0 bridgehead atoms. The number of carbonyl (C=O) groups is 1. The zero-order chi connectivity index (χ0) is 22.3. The molecule has 3 aromatic rings. The lowest BCUT2D eigenvalue weighted by Crippen LogP contribution is -2.36. The normalized spacial score (nSPS) is 13.5. The van der Waals surface area contributed by atoms with Crippen LogP contribution in [0.5, 0.6) is 5.75 Å². The minimum Gasteiger partial charge on any atom is -0.495 e. The molecule has 0 radical (unpaired) electrons. The number of pyridine rings is 2. The third-order valence-corrected chi connectivity index (χ3v) is 5.28. The van der Waals surface area contributed by atoms with E-state index in [1.807, 2.05) is 41.4 Å². The number of hydroxylamine groups is 1. The van der Waals surface area contributed by atoms with Gasteiger partial charge in [-0.15, -0.1) is 0 Å². The van der Waals surface area contributed by atoms with Crippen molar-refractivity contribution in [2.45, 2.75) is 6.54 Å². The first-order valence-corrected chi connectivity index (χ1v) is 10.3. The molecule has 0 spiro atoms. The topological polar surface area (TPSA) is 100 Å². The molecule has 166 valence electrons. The second kappa shape index (κ2) is 10.1. The van der Waals surface area contributed by atoms with Crippen LogP contribution >= 0.6 is 0 Å². The van der Waals surface area contributed by atoms with Crippen LogP contribution in [-0.4, -0.2) is 54.5 Å². The summed E-state index contributed by atoms with van der Waals surface area (Å²) < 4.78 is 10.7. The van der Waals surface area contributed by atoms with Crippen molar-refractivity contribution in [2.75, 3.05) is 43.2 Å². The number of morpholine rings is 1. The van der Waals surface area contributed by atoms with E-state index in [2.05, 4.69) is 16.0 Å². The van der Waals surface area contributed by atoms with Crippen molar-refractivity contribution < 1.29 is 19.5 Å². The van der Waals surface area contributed by atoms with Crippen molar-refractivity contribution in [3.63, 3.8) is 0 Å². The van der Waals surface area contributed by atoms with Gasteiger partial charge in [-0.1, -0.05) is 12.1 Å². The SMILES string of the molecule is COc1ccc(N(Cc2ccc(C(=O)NO)cc2)c2ccc(N3CCOCC3)cn2)nc1. The molecule has 3 heterocycles. The first-order chi connectivity index (χ1) is 15.7. The van der Waals surface area contributed by atoms with Crippen LogP contribution in [0.4, 0.5) is 17.3 Å². The Morgan fingerprint density at radius 2 is 1.75 bits per heavy atom. The van der Waals surface area contributed by atoms with Gasteiger partial charge in [0.15, 0.2) is 0 Å². The van der Waals surface area contributed by atoms with E-state index in [4.69, 9.17) is 19.7 Å². The lowest BCUT2D eigenvalue weighted by Gasteiger charge is -2.29. The number of ether oxygens (including phenoxy) is 2. The Balaban J connectivity index is 1.60. The molecule has 2 N–H and O–H groups in total. The maximum atomic E-state index is 11.6. The average Bonchev–Trinajstić information content (AvgIpc) is 2.88. The van der Waals surface area contributed by atoms with E-state index in [0.717, 1.165) is 36.0 Å². The Morgan fingerprint density at radius 1 is 1.06 bits per heavy atom. The van der Waals surface area contributed by atoms with Gasteiger partial charge in [-0.05, 0) is 42.0 Å². The molecule has 1 fully saturated rings. The Labute approximate surface area is 186 Å². The summed E-state index contributed by atoms with van der Waals surface area (Å²) in [5, 5.41) is 8.81. The number of hydrogen-bond donors (Lipinski definition) is 2. The second-order valence-electron chi connectivity index (χ2n) is 7.25. The van der Waals surface area contributed by atoms with Crippen LogP contribution in [0.25, 0.3) is 0 Å². The molecule has 1 saturated heterocycles. The fraction of sp³-hybridized carbons (Fsp3) is 0.261. The monoisotopic (exact) mass is 435 g/mol. The molecule has 9 nitrogen and oxygen atoms in total. The zero-order valence-electron chi connectivity index (χ0n) is 17.8. The molecule has 0 atom stereocenters. The van der Waals surface area contributed by atoms with Crippen LogP contribution < -0.4 is 20.0 Å². The Bertz CT molecular complexity index is 1020. The van der Waals surface area contributed by atoms with Crippen LogP contribution in [0.15, 0.2) is 60.9 Å². The molecule has 0 unspecified atom stereocenters. The number of rotatable bonds is 7. The van der Waals surface area contributed by atoms with Crippen molar-refractivity contribution in [3.05, 3.63) is 72.1 Å². The largest absolute Gasteiger partial charge is 0.495 e. The average molecular weight is 435 g/mol. The molecule has 1 aliphatic heterocycles. The van der Waals surface area contributed by atoms with Crippen molar-refractivity contribution in [1.29, 1.82) is 0 Å². The van der Waals surface area contributed by atoms with Crippen molar-refractivity contribution in [1.82, 2.24) is 15.4 Å². The molecular formula is C23H25N5O4. The number of benzene rings is 1. The zero-order valence-corrected chi connectivity index (χ0v) is 17.8. The smallest absolute Gasteiger partial charge is 0.274 e. The lowest BCUT2D eigenvalue weighted by molar-refractivity contribution is 0.0706. The van der Waals surface area contributed by atoms with Gasteiger partial charge in [-0.3, -0.25) is 10.0 Å². The maximum absolute atomic E-state index is 11.6. The number of anilines is 3. The summed E-state index contributed by atoms with van der Waals surface area (Å²) in [6, 6.07) is 14.8. The summed E-state index contributed by atoms with van der Waals surface area (Å²) in [7, 11) is 1.60. The summed E-state index contributed by atoms with van der Waals surface area (Å²) in [6.45, 7) is 3.61. The molecule has 0 saturated carbocycles. The molecule has 1 aromatic carbocycles. The molecule has 1 aliphatic rings. The third kappa shape index (κ3) is 4.96. The molecule has 32 heavy (non-hydrogen) atoms. The van der Waals surface area contributed by atoms with E-state index < -0.39 is 5.91 Å². The Hall–Kier alpha value is -3.69. The highest BCUT2D eigenvalue weighted by Gasteiger charge is 2.16. The Morgan fingerprint density at radius 3 is 2.31 bits per heavy atom. The lowest BCUT2D eigenvalue weighted by atomic mass is 10.1. The van der Waals surface area contributed by atoms with Crippen LogP contribution in [0.1, 0.15) is 15.9 Å². The van der Waals surface area contributed by atoms with Gasteiger partial charge in [-0.2, -0.15) is 0 Å². The van der Waals surface area contributed by atoms with E-state index in [1.54, 1.807) is 30.9 Å². The summed E-state index contributed by atoms with van der Waals surface area (Å²) in [5.74, 6) is 1.58. The number of aromatic nitrogens is 2. The molecule has 0 aliphatic carbocycles. The minimum atomic E-state index is -0.550. The first kappa shape index (κ1) is 21.5. The van der Waals surface area contributed by atoms with Crippen LogP contribution in [-0.2, 0) is 11.3 Å². The van der Waals surface area contributed by atoms with Gasteiger partial charge in [0, 0.05) is 18.7 Å². The first-order valence-electron chi connectivity index (χ1n) is 10.3. The predicted octanol–water partition coefficient (Wildman–Crippen LogP) is 2.78. The number of nitrogens with one attached hydrogen (secondary N) is 1. The molecule has 2 aromatic heterocycles. The van der Waals surface area contributed by atoms with Gasteiger partial charge < -0.3 is 19.3 Å². The number of hydrogen-bond acceptors (Lipinski definition) is 8. The van der Waals surface area contributed by atoms with Gasteiger partial charge in [-0.25, -0.2) is 15.4 Å². The highest BCUT2D eigenvalue weighted by Crippen LogP contribution is 2.27. The minimum absolute atomic E-state index is 0.373. The summed E-state index contributed by atoms with van der Waals surface area (Å²) in [4.78, 5) is 25.1. The van der Waals surface area contributed by atoms with E-state index >= 15 is 0 Å². The molecule has 1 amide bonds. The van der Waals surface area contributed by atoms with Gasteiger partial charge in [0.1, 0.15) is 17.4 Å². The van der Waals surface area contributed by atoms with Crippen LogP contribution in [0.3, 0.4) is 0 Å². The fourth-order valence-corrected chi connectivity index (χ4v) is 3.49. The number of amides is 1. The quantitative estimate of drug-likeness (QED) is 0.432. The van der Waals surface area contributed by atoms with Crippen LogP contribution in [0, 0.1) is 0 Å². The predicted molar refractivity (Wildman–Crippen MR) is 120 cm³/mol. The highest BCUT2D eigenvalue weighted by atomic mass is 16.5. The third-order valence-electron chi connectivity index (χ3n) is 5.28. The van der Waals surface area contributed by atoms with E-state index in [9.17, 15) is 4.79 Å². The van der Waals surface area contributed by atoms with Gasteiger partial charge in [0.25, 0.3) is 5.91 Å². The van der Waals surface area contributed by atoms with Crippen molar-refractivity contribution in [2.24, 2.45) is 0 Å². The number of methoxy groups -OCH3 is 1. The standard InChI is InChI=1S/C23H25N5O4/c1-31-20-7-9-22(25-15-20)28(16-17-2-4-18(5-3-17)23(29)26-30)21-8-6-19(14-24-21)27-10-12-32-13-11-27/h2-9,14-15,30H,10-13,16H2,1H3,(H,26,29). The summed E-state index contributed by atoms with van der Waals surface area (Å²) in [6.07, 6.45) is 3.53. The van der Waals surface area contributed by atoms with E-state index in [0.29, 0.717) is 31.1 Å². The van der Waals surface area contributed by atoms with Crippen molar-refractivity contribution >= 4 is 23.2 Å². The Kier molecular flexibility index (Phi) is 6.78. The van der Waals surface area contributed by atoms with Crippen LogP contribution in [0.2, 0.25) is 0 Å². The maximum Gasteiger partial charge on any atom is 0.274 e. The van der Waals surface area contributed by atoms with Gasteiger partial charge in [0.2, 0.25) is 0 Å².